The molecule has 2 aliphatic heterocycles. The molecule has 1 aromatic carbocycles. The predicted octanol–water partition coefficient (Wildman–Crippen LogP) is 3.08. The first-order chi connectivity index (χ1) is 18.1. The van der Waals surface area contributed by atoms with Crippen molar-refractivity contribution in [3.8, 4) is 0 Å². The Kier molecular flexibility index (Phi) is 3.44. The van der Waals surface area contributed by atoms with Crippen LogP contribution >= 0.6 is 0 Å². The summed E-state index contributed by atoms with van der Waals surface area (Å²) in [5.74, 6) is -1.72. The van der Waals surface area contributed by atoms with Gasteiger partial charge in [0.1, 0.15) is 17.7 Å². The second kappa shape index (κ2) is 8.16. The van der Waals surface area contributed by atoms with Crippen LogP contribution in [-0.4, -0.2) is 44.3 Å². The van der Waals surface area contributed by atoms with Crippen molar-refractivity contribution in [1.82, 2.24) is 19.6 Å². The number of aliphatic hydroxyl groups is 1. The molecule has 1 atom stereocenters. The van der Waals surface area contributed by atoms with E-state index in [1.165, 1.54) is 11.8 Å². The number of benzene rings is 1. The van der Waals surface area contributed by atoms with E-state index in [0.717, 1.165) is 4.57 Å². The van der Waals surface area contributed by atoms with E-state index in [-0.39, 0.29) is 73.0 Å². The molecule has 0 aliphatic carbocycles. The highest BCUT2D eigenvalue weighted by Crippen LogP contribution is 2.32. The topological polar surface area (TPSA) is 84.4 Å². The van der Waals surface area contributed by atoms with Crippen LogP contribution in [0, 0.1) is 12.7 Å². The Morgan fingerprint density at radius 2 is 2.16 bits per heavy atom. The van der Waals surface area contributed by atoms with Crippen LogP contribution in [0.5, 0.6) is 0 Å². The minimum Gasteiger partial charge on any atom is -0.385 e. The normalized spacial score (nSPS) is 27.3. The van der Waals surface area contributed by atoms with Crippen molar-refractivity contribution in [2.24, 2.45) is 0 Å². The Morgan fingerprint density at radius 1 is 1.35 bits per heavy atom. The maximum atomic E-state index is 14.1. The molecule has 4 heterocycles. The molecule has 31 heavy (non-hydrogen) atoms. The Labute approximate surface area is 190 Å². The Bertz CT molecular complexity index is 1530. The lowest BCUT2D eigenvalue weighted by atomic mass is 9.91. The molecule has 1 unspecified atom stereocenters. The molecule has 2 aromatic heterocycles. The van der Waals surface area contributed by atoms with Crippen molar-refractivity contribution in [1.29, 1.82) is 0 Å². The van der Waals surface area contributed by atoms with Gasteiger partial charge < -0.3 is 14.5 Å². The van der Waals surface area contributed by atoms with Gasteiger partial charge in [0.05, 0.1) is 11.2 Å². The number of hydrogen-bond acceptors (Lipinski definition) is 6. The zero-order chi connectivity index (χ0) is 28.7. The Morgan fingerprint density at radius 3 is 2.97 bits per heavy atom. The van der Waals surface area contributed by atoms with Crippen LogP contribution < -0.4 is 5.56 Å². The third-order valence-corrected chi connectivity index (χ3v) is 5.86. The molecule has 3 aromatic rings. The van der Waals surface area contributed by atoms with E-state index in [1.807, 2.05) is 0 Å². The quantitative estimate of drug-likeness (QED) is 0.679. The monoisotopic (exact) mass is 434 g/mol. The molecule has 1 N–H and O–H groups in total. The summed E-state index contributed by atoms with van der Waals surface area (Å²) in [6.07, 6.45) is -3.98. The molecule has 164 valence electrons. The zero-order valence-electron chi connectivity index (χ0n) is 25.0. The maximum Gasteiger partial charge on any atom is 0.257 e. The predicted molar refractivity (Wildman–Crippen MR) is 114 cm³/mol. The molecule has 0 amide bonds. The van der Waals surface area contributed by atoms with E-state index < -0.39 is 54.0 Å². The summed E-state index contributed by atoms with van der Waals surface area (Å²) < 4.78 is 87.2. The molecule has 8 heteroatoms. The van der Waals surface area contributed by atoms with E-state index >= 15 is 0 Å². The maximum absolute atomic E-state index is 14.1. The van der Waals surface area contributed by atoms with Gasteiger partial charge in [-0.05, 0) is 64.2 Å². The van der Waals surface area contributed by atoms with Gasteiger partial charge >= 0.3 is 0 Å². The number of aromatic nitrogens is 3. The Hall–Kier alpha value is -2.58. The number of nitrogens with zero attached hydrogens (tertiary/aromatic N) is 4. The highest BCUT2D eigenvalue weighted by molar-refractivity contribution is 5.79. The number of aryl methyl sites for hydroxylation is 1. The van der Waals surface area contributed by atoms with Gasteiger partial charge in [-0.25, -0.2) is 9.37 Å². The van der Waals surface area contributed by atoms with Crippen LogP contribution in [-0.2, 0) is 12.9 Å². The summed E-state index contributed by atoms with van der Waals surface area (Å²) in [6.45, 7) is -1.06. The number of fused-ring (bicyclic) bond motifs is 2. The van der Waals surface area contributed by atoms with E-state index in [2.05, 4.69) is 10.1 Å². The van der Waals surface area contributed by atoms with E-state index in [9.17, 15) is 14.3 Å². The first-order valence-corrected chi connectivity index (χ1v) is 10.3. The van der Waals surface area contributed by atoms with Crippen LogP contribution in [0.4, 0.5) is 4.39 Å². The summed E-state index contributed by atoms with van der Waals surface area (Å²) in [5.41, 5.74) is -1.34. The van der Waals surface area contributed by atoms with Crippen molar-refractivity contribution < 1.29 is 25.0 Å². The van der Waals surface area contributed by atoms with Crippen LogP contribution in [0.15, 0.2) is 27.4 Å². The van der Waals surface area contributed by atoms with Crippen LogP contribution in [0.1, 0.15) is 71.4 Å². The van der Waals surface area contributed by atoms with E-state index in [1.54, 1.807) is 0 Å². The summed E-state index contributed by atoms with van der Waals surface area (Å²) in [4.78, 5) is 18.8. The van der Waals surface area contributed by atoms with Gasteiger partial charge in [0, 0.05) is 47.1 Å². The standard InChI is InChI=1S/C23H27FN4O3/c1-14-17(23(30)28-9-2-3-19(29)22(28)25-14)8-12-27-10-6-15(7-11-27)21-18-5-4-16(24)13-20(18)31-26-21/h4-5,13,15,19,29H,2-3,6-12H2,1H3/i4D,5D,8D2,12D2,13D,19D. The average Bonchev–Trinajstić information content (AvgIpc) is 3.32. The molecule has 2 aliphatic rings. The fraction of sp³-hybridized carbons (Fsp3) is 0.522. The molecule has 0 bridgehead atoms. The first-order valence-electron chi connectivity index (χ1n) is 14.3. The smallest absolute Gasteiger partial charge is 0.257 e. The third-order valence-electron chi connectivity index (χ3n) is 5.86. The molecule has 7 nitrogen and oxygen atoms in total. The van der Waals surface area contributed by atoms with Gasteiger partial charge in [0.25, 0.3) is 5.56 Å². The van der Waals surface area contributed by atoms with Gasteiger partial charge in [-0.3, -0.25) is 9.36 Å². The summed E-state index contributed by atoms with van der Waals surface area (Å²) in [7, 11) is 0. The fourth-order valence-corrected chi connectivity index (χ4v) is 4.18. The number of piperidine rings is 1. The molecular formula is C23H27FN4O3. The molecule has 1 saturated heterocycles. The van der Waals surface area contributed by atoms with Gasteiger partial charge in [-0.15, -0.1) is 0 Å². The number of rotatable bonds is 4. The number of halogens is 1. The number of likely N-dealkylation sites (tertiary alicyclic amines) is 1. The molecule has 1 fully saturated rings. The lowest BCUT2D eigenvalue weighted by Crippen LogP contribution is -2.37. The van der Waals surface area contributed by atoms with Crippen molar-refractivity contribution in [2.75, 3.05) is 19.6 Å². The van der Waals surface area contributed by atoms with Crippen molar-refractivity contribution >= 4 is 11.0 Å². The van der Waals surface area contributed by atoms with E-state index in [4.69, 9.17) is 15.5 Å². The summed E-state index contributed by atoms with van der Waals surface area (Å²) in [6, 6.07) is -1.83. The molecule has 0 saturated carbocycles. The van der Waals surface area contributed by atoms with E-state index in [0.29, 0.717) is 6.42 Å². The average molecular weight is 435 g/mol. The molecule has 5 rings (SSSR count). The molecular weight excluding hydrogens is 399 g/mol. The molecule has 0 radical (unpaired) electrons. The van der Waals surface area contributed by atoms with Crippen LogP contribution in [0.3, 0.4) is 0 Å². The van der Waals surface area contributed by atoms with Crippen molar-refractivity contribution in [3.05, 3.63) is 57.1 Å². The summed E-state index contributed by atoms with van der Waals surface area (Å²) in [5, 5.41) is 14.4. The van der Waals surface area contributed by atoms with Crippen molar-refractivity contribution in [3.63, 3.8) is 0 Å². The SMILES string of the molecule is [2H]c1c(F)c([2H])c2onc(C3CCN(C([2H])([2H])C([2H])([2H])c4c(C)nc5n(c4=O)CCCC5([2H])O)CC3)c2c1[2H]. The van der Waals surface area contributed by atoms with Gasteiger partial charge in [-0.2, -0.15) is 0 Å². The second-order valence-electron chi connectivity index (χ2n) is 7.86. The van der Waals surface area contributed by atoms with Gasteiger partial charge in [0.2, 0.25) is 0 Å². The first kappa shape index (κ1) is 13.1. The second-order valence-corrected chi connectivity index (χ2v) is 7.86. The Balaban J connectivity index is 1.44. The highest BCUT2D eigenvalue weighted by Gasteiger charge is 2.26. The third kappa shape index (κ3) is 3.78. The molecule has 0 spiro atoms. The van der Waals surface area contributed by atoms with Crippen LogP contribution in [0.25, 0.3) is 11.0 Å². The lowest BCUT2D eigenvalue weighted by molar-refractivity contribution is 0.129. The fourth-order valence-electron chi connectivity index (χ4n) is 4.18. The van der Waals surface area contributed by atoms with Crippen molar-refractivity contribution in [2.45, 2.75) is 57.5 Å². The minimum atomic E-state index is -2.81. The lowest BCUT2D eigenvalue weighted by Gasteiger charge is -2.31. The van der Waals surface area contributed by atoms with Gasteiger partial charge in [0.15, 0.2) is 5.58 Å². The minimum absolute atomic E-state index is 0.0484. The van der Waals surface area contributed by atoms with Crippen LogP contribution in [0.2, 0.25) is 0 Å². The largest absolute Gasteiger partial charge is 0.385 e. The highest BCUT2D eigenvalue weighted by atomic mass is 19.1. The summed E-state index contributed by atoms with van der Waals surface area (Å²) >= 11 is 0. The van der Waals surface area contributed by atoms with Gasteiger partial charge in [-0.1, -0.05) is 5.16 Å². The zero-order valence-corrected chi connectivity index (χ0v) is 17.0. The number of hydrogen-bond donors (Lipinski definition) is 1.